The van der Waals surface area contributed by atoms with Gasteiger partial charge in [0.1, 0.15) is 0 Å². The Morgan fingerprint density at radius 1 is 1.26 bits per heavy atom. The van der Waals surface area contributed by atoms with E-state index in [4.69, 9.17) is 27.9 Å². The van der Waals surface area contributed by atoms with Crippen molar-refractivity contribution in [2.75, 3.05) is 6.61 Å². The van der Waals surface area contributed by atoms with Crippen molar-refractivity contribution in [2.24, 2.45) is 5.92 Å². The second-order valence-corrected chi connectivity index (χ2v) is 5.12. The van der Waals surface area contributed by atoms with E-state index in [0.717, 1.165) is 12.1 Å². The highest BCUT2D eigenvalue weighted by Gasteiger charge is 2.39. The predicted octanol–water partition coefficient (Wildman–Crippen LogP) is 4.77. The van der Waals surface area contributed by atoms with E-state index in [1.807, 2.05) is 13.8 Å². The van der Waals surface area contributed by atoms with Gasteiger partial charge in [-0.2, -0.15) is 13.2 Å². The molecule has 0 saturated heterocycles. The van der Waals surface area contributed by atoms with E-state index in [-0.39, 0.29) is 21.7 Å². The topological polar surface area (TPSA) is 26.3 Å². The largest absolute Gasteiger partial charge is 0.490 e. The highest BCUT2D eigenvalue weighted by molar-refractivity contribution is 6.37. The van der Waals surface area contributed by atoms with Crippen molar-refractivity contribution in [3.05, 3.63) is 27.7 Å². The summed E-state index contributed by atoms with van der Waals surface area (Å²) in [5.41, 5.74) is -0.612. The molecule has 0 heterocycles. The fraction of sp³-hybridized carbons (Fsp3) is 0.417. The van der Waals surface area contributed by atoms with Crippen LogP contribution in [0.3, 0.4) is 0 Å². The summed E-state index contributed by atoms with van der Waals surface area (Å²) in [4.78, 5) is 11.1. The molecule has 0 saturated carbocycles. The number of alkyl halides is 3. The number of Topliss-reactive ketones (excluding diaryl/α,β-unsaturated/α-hetero) is 1. The molecule has 0 aliphatic carbocycles. The summed E-state index contributed by atoms with van der Waals surface area (Å²) in [6.07, 6.45) is -4.97. The number of ketones is 1. The Balaban J connectivity index is 3.07. The van der Waals surface area contributed by atoms with Crippen LogP contribution in [0, 0.1) is 5.92 Å². The summed E-state index contributed by atoms with van der Waals surface area (Å²) in [7, 11) is 0. The molecule has 0 atom stereocenters. The lowest BCUT2D eigenvalue weighted by molar-refractivity contribution is -0.0885. The Kier molecular flexibility index (Phi) is 5.10. The molecule has 0 fully saturated rings. The third-order valence-corrected chi connectivity index (χ3v) is 2.64. The number of rotatable bonds is 4. The Labute approximate surface area is 118 Å². The standard InChI is InChI=1S/C12H11Cl2F3O2/c1-6(2)5-19-10-8(13)3-7(4-9(10)14)11(18)12(15,16)17/h3-4,6H,5H2,1-2H3. The maximum absolute atomic E-state index is 12.3. The van der Waals surface area contributed by atoms with Crippen molar-refractivity contribution >= 4 is 29.0 Å². The summed E-state index contributed by atoms with van der Waals surface area (Å²) in [5.74, 6) is -1.72. The van der Waals surface area contributed by atoms with Gasteiger partial charge in [-0.25, -0.2) is 0 Å². The SMILES string of the molecule is CC(C)COc1c(Cl)cc(C(=O)C(F)(F)F)cc1Cl. The zero-order valence-corrected chi connectivity index (χ0v) is 11.7. The number of carbonyl (C=O) groups is 1. The first-order valence-electron chi connectivity index (χ1n) is 5.36. The van der Waals surface area contributed by atoms with Crippen LogP contribution in [0.5, 0.6) is 5.75 Å². The highest BCUT2D eigenvalue weighted by Crippen LogP contribution is 2.36. The van der Waals surface area contributed by atoms with Gasteiger partial charge in [-0.15, -0.1) is 0 Å². The molecule has 7 heteroatoms. The molecule has 0 N–H and O–H groups in total. The molecular formula is C12H11Cl2F3O2. The molecule has 0 radical (unpaired) electrons. The highest BCUT2D eigenvalue weighted by atomic mass is 35.5. The van der Waals surface area contributed by atoms with Gasteiger partial charge in [-0.1, -0.05) is 37.0 Å². The first-order chi connectivity index (χ1) is 8.62. The Morgan fingerprint density at radius 2 is 1.74 bits per heavy atom. The minimum atomic E-state index is -4.97. The summed E-state index contributed by atoms with van der Waals surface area (Å²) in [6.45, 7) is 4.10. The molecule has 0 aliphatic heterocycles. The van der Waals surface area contributed by atoms with Crippen LogP contribution in [-0.2, 0) is 0 Å². The number of carbonyl (C=O) groups excluding carboxylic acids is 1. The predicted molar refractivity (Wildman–Crippen MR) is 67.2 cm³/mol. The maximum atomic E-state index is 12.3. The van der Waals surface area contributed by atoms with E-state index in [0.29, 0.717) is 6.61 Å². The number of ether oxygens (including phenoxy) is 1. The van der Waals surface area contributed by atoms with Crippen molar-refractivity contribution in [3.8, 4) is 5.75 Å². The summed E-state index contributed by atoms with van der Waals surface area (Å²) in [6, 6.07) is 1.80. The third-order valence-electron chi connectivity index (χ3n) is 2.08. The second kappa shape index (κ2) is 6.01. The molecule has 0 unspecified atom stereocenters. The molecule has 1 aromatic carbocycles. The monoisotopic (exact) mass is 314 g/mol. The Hall–Kier alpha value is -0.940. The van der Waals surface area contributed by atoms with E-state index < -0.39 is 17.5 Å². The van der Waals surface area contributed by atoms with Crippen molar-refractivity contribution in [3.63, 3.8) is 0 Å². The van der Waals surface area contributed by atoms with Gasteiger partial charge >= 0.3 is 6.18 Å². The van der Waals surface area contributed by atoms with E-state index in [1.54, 1.807) is 0 Å². The van der Waals surface area contributed by atoms with Crippen molar-refractivity contribution in [2.45, 2.75) is 20.0 Å². The van der Waals surface area contributed by atoms with Crippen LogP contribution in [0.4, 0.5) is 13.2 Å². The normalized spacial score (nSPS) is 11.8. The number of halogens is 5. The van der Waals surface area contributed by atoms with Crippen LogP contribution in [0.1, 0.15) is 24.2 Å². The summed E-state index contributed by atoms with van der Waals surface area (Å²) in [5, 5.41) is -0.249. The minimum absolute atomic E-state index is 0.0794. The van der Waals surface area contributed by atoms with Crippen LogP contribution < -0.4 is 4.74 Å². The van der Waals surface area contributed by atoms with Gasteiger partial charge in [0.15, 0.2) is 5.75 Å². The van der Waals surface area contributed by atoms with Gasteiger partial charge in [-0.05, 0) is 18.1 Å². The van der Waals surface area contributed by atoms with Crippen LogP contribution in [0.15, 0.2) is 12.1 Å². The van der Waals surface area contributed by atoms with Crippen molar-refractivity contribution in [1.29, 1.82) is 0 Å². The molecule has 1 aromatic rings. The summed E-state index contributed by atoms with van der Waals surface area (Å²) >= 11 is 11.6. The lowest BCUT2D eigenvalue weighted by atomic mass is 10.1. The zero-order valence-electron chi connectivity index (χ0n) is 10.1. The molecule has 19 heavy (non-hydrogen) atoms. The average Bonchev–Trinajstić information content (AvgIpc) is 2.24. The van der Waals surface area contributed by atoms with Gasteiger partial charge < -0.3 is 4.74 Å². The smallest absolute Gasteiger partial charge is 0.454 e. The lowest BCUT2D eigenvalue weighted by Gasteiger charge is -2.13. The molecule has 0 amide bonds. The average molecular weight is 315 g/mol. The fourth-order valence-electron chi connectivity index (χ4n) is 1.24. The molecule has 0 bridgehead atoms. The van der Waals surface area contributed by atoms with E-state index in [9.17, 15) is 18.0 Å². The maximum Gasteiger partial charge on any atom is 0.454 e. The van der Waals surface area contributed by atoms with Crippen LogP contribution in [0.25, 0.3) is 0 Å². The third kappa shape index (κ3) is 4.28. The Bertz CT molecular complexity index is 461. The molecule has 0 aliphatic rings. The summed E-state index contributed by atoms with van der Waals surface area (Å²) < 4.78 is 42.2. The molecule has 0 aromatic heterocycles. The molecular weight excluding hydrogens is 304 g/mol. The molecule has 2 nitrogen and oxygen atoms in total. The minimum Gasteiger partial charge on any atom is -0.490 e. The van der Waals surface area contributed by atoms with Gasteiger partial charge in [0.05, 0.1) is 16.7 Å². The zero-order chi connectivity index (χ0) is 14.8. The van der Waals surface area contributed by atoms with E-state index >= 15 is 0 Å². The van der Waals surface area contributed by atoms with Crippen LogP contribution in [0.2, 0.25) is 10.0 Å². The second-order valence-electron chi connectivity index (χ2n) is 4.30. The molecule has 106 valence electrons. The van der Waals surface area contributed by atoms with Gasteiger partial charge in [0.25, 0.3) is 5.78 Å². The van der Waals surface area contributed by atoms with Crippen molar-refractivity contribution in [1.82, 2.24) is 0 Å². The van der Waals surface area contributed by atoms with Gasteiger partial charge in [0, 0.05) is 5.56 Å². The fourth-order valence-corrected chi connectivity index (χ4v) is 1.84. The number of benzene rings is 1. The van der Waals surface area contributed by atoms with Crippen LogP contribution in [-0.4, -0.2) is 18.6 Å². The van der Waals surface area contributed by atoms with Crippen molar-refractivity contribution < 1.29 is 22.7 Å². The lowest BCUT2D eigenvalue weighted by Crippen LogP contribution is -2.22. The number of hydrogen-bond donors (Lipinski definition) is 0. The van der Waals surface area contributed by atoms with Gasteiger partial charge in [-0.3, -0.25) is 4.79 Å². The molecule has 0 spiro atoms. The Morgan fingerprint density at radius 3 is 2.11 bits per heavy atom. The first-order valence-corrected chi connectivity index (χ1v) is 6.12. The number of hydrogen-bond acceptors (Lipinski definition) is 2. The van der Waals surface area contributed by atoms with Gasteiger partial charge in [0.2, 0.25) is 0 Å². The van der Waals surface area contributed by atoms with E-state index in [1.165, 1.54) is 0 Å². The quantitative estimate of drug-likeness (QED) is 0.748. The van der Waals surface area contributed by atoms with E-state index in [2.05, 4.69) is 0 Å². The first kappa shape index (κ1) is 16.1. The van der Waals surface area contributed by atoms with Crippen LogP contribution >= 0.6 is 23.2 Å². The molecule has 1 rings (SSSR count).